The molecule has 7 nitrogen and oxygen atoms in total. The first-order valence-corrected chi connectivity index (χ1v) is 10.3. The van der Waals surface area contributed by atoms with Crippen molar-refractivity contribution in [1.82, 2.24) is 5.32 Å². The molecule has 0 aliphatic carbocycles. The lowest BCUT2D eigenvalue weighted by Crippen LogP contribution is -2.26. The lowest BCUT2D eigenvalue weighted by Gasteiger charge is -2.09. The number of amides is 1. The summed E-state index contributed by atoms with van der Waals surface area (Å²) in [4.78, 5) is 36.6. The topological polar surface area (TPSA) is 94.8 Å². The Labute approximate surface area is 187 Å². The third-order valence-corrected chi connectivity index (χ3v) is 4.70. The highest BCUT2D eigenvalue weighted by molar-refractivity contribution is 9.10. The Morgan fingerprint density at radius 1 is 1.10 bits per heavy atom. The first-order chi connectivity index (χ1) is 14.9. The first kappa shape index (κ1) is 22.3. The van der Waals surface area contributed by atoms with Crippen LogP contribution in [0.25, 0.3) is 17.0 Å². The van der Waals surface area contributed by atoms with Crippen LogP contribution < -0.4 is 5.32 Å². The Hall–Kier alpha value is -3.39. The Morgan fingerprint density at radius 2 is 1.84 bits per heavy atom. The molecule has 8 heteroatoms. The number of nitrogens with one attached hydrogen (secondary N) is 1. The van der Waals surface area contributed by atoms with Crippen LogP contribution >= 0.6 is 15.9 Å². The number of esters is 2. The van der Waals surface area contributed by atoms with Gasteiger partial charge in [0.2, 0.25) is 11.7 Å². The Morgan fingerprint density at radius 3 is 2.52 bits per heavy atom. The minimum atomic E-state index is -0.752. The maximum atomic E-state index is 12.7. The van der Waals surface area contributed by atoms with Gasteiger partial charge in [-0.3, -0.25) is 4.79 Å². The summed E-state index contributed by atoms with van der Waals surface area (Å²) in [5.74, 6) is -1.85. The zero-order valence-corrected chi connectivity index (χ0v) is 18.5. The van der Waals surface area contributed by atoms with E-state index in [9.17, 15) is 14.4 Å². The van der Waals surface area contributed by atoms with Crippen molar-refractivity contribution in [2.45, 2.75) is 20.5 Å². The van der Waals surface area contributed by atoms with Gasteiger partial charge in [-0.25, -0.2) is 9.59 Å². The second-order valence-electron chi connectivity index (χ2n) is 6.50. The average Bonchev–Trinajstić information content (AvgIpc) is 3.10. The predicted octanol–water partition coefficient (Wildman–Crippen LogP) is 4.59. The van der Waals surface area contributed by atoms with Gasteiger partial charge in [0.25, 0.3) is 0 Å². The van der Waals surface area contributed by atoms with E-state index >= 15 is 0 Å². The number of halogens is 1. The van der Waals surface area contributed by atoms with Crippen molar-refractivity contribution < 1.29 is 28.3 Å². The maximum absolute atomic E-state index is 12.7. The minimum Gasteiger partial charge on any atom is -0.460 e. The zero-order valence-electron chi connectivity index (χ0n) is 16.9. The number of hydrogen-bond donors (Lipinski definition) is 1. The molecule has 2 aromatic carbocycles. The van der Waals surface area contributed by atoms with Crippen LogP contribution in [0.1, 0.15) is 35.5 Å². The van der Waals surface area contributed by atoms with E-state index in [0.29, 0.717) is 22.1 Å². The van der Waals surface area contributed by atoms with Crippen molar-refractivity contribution in [2.24, 2.45) is 0 Å². The number of carbonyl (C=O) groups excluding carboxylic acids is 3. The molecule has 0 saturated carbocycles. The summed E-state index contributed by atoms with van der Waals surface area (Å²) in [5.41, 5.74) is 1.53. The van der Waals surface area contributed by atoms with Crippen molar-refractivity contribution >= 4 is 50.8 Å². The fourth-order valence-corrected chi connectivity index (χ4v) is 3.25. The molecule has 3 aromatic rings. The fourth-order valence-electron chi connectivity index (χ4n) is 2.89. The summed E-state index contributed by atoms with van der Waals surface area (Å²) in [7, 11) is 0. The molecule has 160 valence electrons. The third kappa shape index (κ3) is 5.61. The van der Waals surface area contributed by atoms with Crippen LogP contribution in [-0.4, -0.2) is 24.5 Å². The van der Waals surface area contributed by atoms with Gasteiger partial charge >= 0.3 is 11.9 Å². The van der Waals surface area contributed by atoms with Gasteiger partial charge in [0.1, 0.15) is 17.9 Å². The van der Waals surface area contributed by atoms with Crippen LogP contribution in [0.5, 0.6) is 0 Å². The van der Waals surface area contributed by atoms with Gasteiger partial charge in [-0.05, 0) is 36.8 Å². The highest BCUT2D eigenvalue weighted by Crippen LogP contribution is 2.30. The molecule has 0 fully saturated rings. The lowest BCUT2D eigenvalue weighted by atomic mass is 10.1. The summed E-state index contributed by atoms with van der Waals surface area (Å²) in [6.45, 7) is 2.91. The highest BCUT2D eigenvalue weighted by Gasteiger charge is 2.24. The Kier molecular flexibility index (Phi) is 7.25. The van der Waals surface area contributed by atoms with Gasteiger partial charge in [-0.1, -0.05) is 46.3 Å². The molecule has 1 heterocycles. The van der Waals surface area contributed by atoms with Crippen LogP contribution in [0.15, 0.2) is 63.1 Å². The monoisotopic (exact) mass is 485 g/mol. The average molecular weight is 486 g/mol. The molecule has 3 rings (SSSR count). The molecule has 0 radical (unpaired) electrons. The lowest BCUT2D eigenvalue weighted by molar-refractivity contribution is -0.141. The number of furan rings is 1. The third-order valence-electron chi connectivity index (χ3n) is 4.20. The number of benzene rings is 2. The van der Waals surface area contributed by atoms with Gasteiger partial charge in [-0.2, -0.15) is 0 Å². The summed E-state index contributed by atoms with van der Waals surface area (Å²) in [5, 5.41) is 3.10. The number of fused-ring (bicyclic) bond motifs is 1. The second-order valence-corrected chi connectivity index (χ2v) is 7.41. The predicted molar refractivity (Wildman–Crippen MR) is 118 cm³/mol. The van der Waals surface area contributed by atoms with E-state index in [1.165, 1.54) is 13.0 Å². The molecule has 31 heavy (non-hydrogen) atoms. The molecule has 0 aliphatic rings. The molecule has 0 spiro atoms. The largest absolute Gasteiger partial charge is 0.460 e. The fraction of sp³-hybridized carbons (Fsp3) is 0.174. The second kappa shape index (κ2) is 10.1. The van der Waals surface area contributed by atoms with E-state index in [4.69, 9.17) is 13.9 Å². The molecule has 1 aromatic heterocycles. The molecular weight excluding hydrogens is 466 g/mol. The van der Waals surface area contributed by atoms with Crippen LogP contribution in [0.4, 0.5) is 0 Å². The summed E-state index contributed by atoms with van der Waals surface area (Å²) in [6, 6.07) is 14.3. The first-order valence-electron chi connectivity index (χ1n) is 9.48. The van der Waals surface area contributed by atoms with Crippen LogP contribution in [-0.2, 0) is 25.7 Å². The van der Waals surface area contributed by atoms with E-state index in [2.05, 4.69) is 21.2 Å². The van der Waals surface area contributed by atoms with Crippen LogP contribution in [0.2, 0.25) is 0 Å². The van der Waals surface area contributed by atoms with Crippen molar-refractivity contribution in [3.05, 3.63) is 75.6 Å². The Balaban J connectivity index is 1.90. The molecule has 0 aliphatic heterocycles. The highest BCUT2D eigenvalue weighted by atomic mass is 79.9. The number of rotatable bonds is 7. The van der Waals surface area contributed by atoms with Crippen LogP contribution in [0, 0.1) is 0 Å². The van der Waals surface area contributed by atoms with Crippen molar-refractivity contribution in [3.63, 3.8) is 0 Å². The molecule has 0 bridgehead atoms. The number of ether oxygens (including phenoxy) is 2. The minimum absolute atomic E-state index is 0.0228. The molecular formula is C23H20BrNO6. The Bertz CT molecular complexity index is 1150. The quantitative estimate of drug-likeness (QED) is 0.388. The van der Waals surface area contributed by atoms with Crippen molar-refractivity contribution in [2.75, 3.05) is 6.61 Å². The van der Waals surface area contributed by atoms with Gasteiger partial charge in [-0.15, -0.1) is 0 Å². The van der Waals surface area contributed by atoms with Gasteiger partial charge < -0.3 is 19.2 Å². The van der Waals surface area contributed by atoms with Gasteiger partial charge in [0, 0.05) is 16.8 Å². The van der Waals surface area contributed by atoms with E-state index in [1.807, 2.05) is 18.2 Å². The van der Waals surface area contributed by atoms with E-state index in [1.54, 1.807) is 37.3 Å². The van der Waals surface area contributed by atoms with Gasteiger partial charge in [0.15, 0.2) is 0 Å². The SMILES string of the molecule is CCOC(=O)c1oc2ccc(Br)cc2c1COC(=O)/C(=C/c1ccccc1)NC(C)=O. The molecule has 1 N–H and O–H groups in total. The number of hydrogen-bond acceptors (Lipinski definition) is 6. The summed E-state index contributed by atoms with van der Waals surface area (Å²) in [6.07, 6.45) is 1.51. The van der Waals surface area contributed by atoms with Crippen molar-refractivity contribution in [3.8, 4) is 0 Å². The van der Waals surface area contributed by atoms with E-state index in [0.717, 1.165) is 4.47 Å². The summed E-state index contributed by atoms with van der Waals surface area (Å²) >= 11 is 3.39. The van der Waals surface area contributed by atoms with E-state index in [-0.39, 0.29) is 24.7 Å². The molecule has 0 unspecified atom stereocenters. The molecule has 0 atom stereocenters. The van der Waals surface area contributed by atoms with Gasteiger partial charge in [0.05, 0.1) is 12.2 Å². The smallest absolute Gasteiger partial charge is 0.374 e. The van der Waals surface area contributed by atoms with Crippen molar-refractivity contribution in [1.29, 1.82) is 0 Å². The molecule has 1 amide bonds. The van der Waals surface area contributed by atoms with Crippen LogP contribution in [0.3, 0.4) is 0 Å². The zero-order chi connectivity index (χ0) is 22.4. The summed E-state index contributed by atoms with van der Waals surface area (Å²) < 4.78 is 16.9. The number of carbonyl (C=O) groups is 3. The maximum Gasteiger partial charge on any atom is 0.374 e. The standard InChI is InChI=1S/C23H20BrNO6/c1-3-29-23(28)21-18(17-12-16(24)9-10-20(17)31-21)13-30-22(27)19(25-14(2)26)11-15-7-5-4-6-8-15/h4-12H,3,13H2,1-2H3,(H,25,26)/b19-11-. The normalized spacial score (nSPS) is 11.3. The van der Waals surface area contributed by atoms with E-state index < -0.39 is 17.8 Å². The molecule has 0 saturated heterocycles.